The third-order valence-electron chi connectivity index (χ3n) is 0.699. The topological polar surface area (TPSA) is 0 Å². The molecule has 0 aromatic rings. The molecule has 0 rings (SSSR count). The summed E-state index contributed by atoms with van der Waals surface area (Å²) in [5.41, 5.74) is 0. The molecule has 0 N–H and O–H groups in total. The van der Waals surface area contributed by atoms with Crippen molar-refractivity contribution in [1.82, 2.24) is 0 Å². The molecule has 0 bridgehead atoms. The molecular formula is C6H12BrSi. The zero-order chi connectivity index (χ0) is 6.78. The molecule has 0 fully saturated rings. The number of hydrogen-bond donors (Lipinski definition) is 0. The monoisotopic (exact) mass is 191 g/mol. The lowest BCUT2D eigenvalue weighted by molar-refractivity contribution is 1.50. The lowest BCUT2D eigenvalue weighted by atomic mass is 10.8. The first-order chi connectivity index (χ1) is 3.42. The van der Waals surface area contributed by atoms with Crippen LogP contribution >= 0.6 is 15.9 Å². The molecule has 47 valence electrons. The van der Waals surface area contributed by atoms with E-state index in [2.05, 4.69) is 35.6 Å². The largest absolute Gasteiger partial charge is 0.0693 e. The van der Waals surface area contributed by atoms with Crippen molar-refractivity contribution in [1.29, 1.82) is 0 Å². The van der Waals surface area contributed by atoms with Crippen LogP contribution in [0.15, 0.2) is 4.48 Å². The molecule has 2 heteroatoms. The summed E-state index contributed by atoms with van der Waals surface area (Å²) in [4.78, 5) is 0. The highest BCUT2D eigenvalue weighted by molar-refractivity contribution is 9.11. The summed E-state index contributed by atoms with van der Waals surface area (Å²) < 4.78 is 0.900. The predicted octanol–water partition coefficient (Wildman–Crippen LogP) is 3.04. The highest BCUT2D eigenvalue weighted by Gasteiger charge is 2.12. The highest BCUT2D eigenvalue weighted by Crippen LogP contribution is 2.18. The molecule has 0 unspecified atom stereocenters. The van der Waals surface area contributed by atoms with Crippen LogP contribution < -0.4 is 0 Å². The summed E-state index contributed by atoms with van der Waals surface area (Å²) in [5.74, 6) is 0. The minimum absolute atomic E-state index is 0.900. The Labute approximate surface area is 61.1 Å². The molecule has 0 heterocycles. The third-order valence-corrected chi connectivity index (χ3v) is 2.94. The van der Waals surface area contributed by atoms with Gasteiger partial charge in [-0.05, 0) is 10.5 Å². The van der Waals surface area contributed by atoms with Gasteiger partial charge in [0.05, 0.1) is 0 Å². The van der Waals surface area contributed by atoms with E-state index in [4.69, 9.17) is 6.58 Å². The van der Waals surface area contributed by atoms with Crippen molar-refractivity contribution in [2.45, 2.75) is 25.7 Å². The molecule has 0 spiro atoms. The van der Waals surface area contributed by atoms with Gasteiger partial charge in [-0.1, -0.05) is 42.1 Å². The molecule has 0 saturated heterocycles. The van der Waals surface area contributed by atoms with E-state index in [9.17, 15) is 0 Å². The fourth-order valence-electron chi connectivity index (χ4n) is 0.507. The third kappa shape index (κ3) is 6.44. The first-order valence-electron chi connectivity index (χ1n) is 2.68. The summed E-state index contributed by atoms with van der Waals surface area (Å²) in [6.07, 6.45) is 0. The minimum atomic E-state index is -0.929. The molecule has 0 atom stereocenters. The van der Waals surface area contributed by atoms with E-state index in [-0.39, 0.29) is 0 Å². The summed E-state index contributed by atoms with van der Waals surface area (Å²) in [7, 11) is -0.929. The molecule has 0 aromatic heterocycles. The SMILES string of the molecule is [CH]=C(Br)C[Si](C)(C)C. The lowest BCUT2D eigenvalue weighted by Crippen LogP contribution is -2.18. The Morgan fingerprint density at radius 3 is 1.88 bits per heavy atom. The van der Waals surface area contributed by atoms with Gasteiger partial charge in [-0.3, -0.25) is 0 Å². The van der Waals surface area contributed by atoms with E-state index in [1.165, 1.54) is 0 Å². The normalized spacial score (nSPS) is 11.5. The average molecular weight is 192 g/mol. The van der Waals surface area contributed by atoms with Gasteiger partial charge in [0.1, 0.15) is 0 Å². The molecule has 0 aromatic carbocycles. The van der Waals surface area contributed by atoms with Gasteiger partial charge in [0.2, 0.25) is 0 Å². The fourth-order valence-corrected chi connectivity index (χ4v) is 4.04. The van der Waals surface area contributed by atoms with Crippen LogP contribution in [0.2, 0.25) is 25.7 Å². The van der Waals surface area contributed by atoms with Crippen molar-refractivity contribution < 1.29 is 0 Å². The number of allylic oxidation sites excluding steroid dienone is 1. The van der Waals surface area contributed by atoms with Crippen molar-refractivity contribution in [2.75, 3.05) is 0 Å². The van der Waals surface area contributed by atoms with Gasteiger partial charge in [-0.15, -0.1) is 0 Å². The van der Waals surface area contributed by atoms with Crippen LogP contribution in [-0.2, 0) is 0 Å². The highest BCUT2D eigenvalue weighted by atomic mass is 79.9. The average Bonchev–Trinajstić information content (AvgIpc) is 1.21. The second kappa shape index (κ2) is 2.83. The van der Waals surface area contributed by atoms with Crippen molar-refractivity contribution in [3.05, 3.63) is 11.1 Å². The van der Waals surface area contributed by atoms with Crippen LogP contribution in [0.5, 0.6) is 0 Å². The van der Waals surface area contributed by atoms with Gasteiger partial charge in [-0.25, -0.2) is 0 Å². The molecule has 0 amide bonds. The summed E-state index contributed by atoms with van der Waals surface area (Å²) in [5, 5.41) is 0. The smallest absolute Gasteiger partial charge is 0.0493 e. The molecule has 1 radical (unpaired) electrons. The van der Waals surface area contributed by atoms with E-state index >= 15 is 0 Å². The van der Waals surface area contributed by atoms with Crippen molar-refractivity contribution >= 4 is 24.0 Å². The quantitative estimate of drug-likeness (QED) is 0.590. The fraction of sp³-hybridized carbons (Fsp3) is 0.667. The van der Waals surface area contributed by atoms with Crippen LogP contribution in [0.25, 0.3) is 0 Å². The Kier molecular flexibility index (Phi) is 2.98. The zero-order valence-electron chi connectivity index (χ0n) is 5.66. The maximum atomic E-state index is 5.45. The number of rotatable bonds is 2. The van der Waals surface area contributed by atoms with Crippen LogP contribution in [0.4, 0.5) is 0 Å². The Hall–Kier alpha value is 0.437. The Morgan fingerprint density at radius 1 is 1.50 bits per heavy atom. The Balaban J connectivity index is 3.55. The summed E-state index contributed by atoms with van der Waals surface area (Å²) in [6.45, 7) is 12.3. The second-order valence-electron chi connectivity index (χ2n) is 3.18. The number of hydrogen-bond acceptors (Lipinski definition) is 0. The van der Waals surface area contributed by atoms with Crippen molar-refractivity contribution in [2.24, 2.45) is 0 Å². The van der Waals surface area contributed by atoms with E-state index in [1.807, 2.05) is 0 Å². The maximum Gasteiger partial charge on any atom is 0.0493 e. The minimum Gasteiger partial charge on any atom is -0.0693 e. The number of halogens is 1. The summed E-state index contributed by atoms with van der Waals surface area (Å²) >= 11 is 3.24. The molecule has 0 aliphatic carbocycles. The van der Waals surface area contributed by atoms with Crippen LogP contribution in [0.1, 0.15) is 0 Å². The standard InChI is InChI=1S/C6H12BrSi/c1-6(7)5-8(2,3)4/h1H,5H2,2-4H3. The first-order valence-corrected chi connectivity index (χ1v) is 7.18. The van der Waals surface area contributed by atoms with Gasteiger partial charge in [0, 0.05) is 8.07 Å². The zero-order valence-corrected chi connectivity index (χ0v) is 8.25. The predicted molar refractivity (Wildman–Crippen MR) is 44.9 cm³/mol. The van der Waals surface area contributed by atoms with E-state index in [0.717, 1.165) is 10.5 Å². The lowest BCUT2D eigenvalue weighted by Gasteiger charge is -2.13. The van der Waals surface area contributed by atoms with Gasteiger partial charge in [0.15, 0.2) is 0 Å². The first kappa shape index (κ1) is 8.44. The molecule has 0 aliphatic heterocycles. The van der Waals surface area contributed by atoms with Crippen LogP contribution in [0, 0.1) is 6.58 Å². The van der Waals surface area contributed by atoms with E-state index in [0.29, 0.717) is 0 Å². The molecule has 0 nitrogen and oxygen atoms in total. The van der Waals surface area contributed by atoms with Gasteiger partial charge < -0.3 is 0 Å². The Morgan fingerprint density at radius 2 is 1.88 bits per heavy atom. The van der Waals surface area contributed by atoms with Crippen molar-refractivity contribution in [3.8, 4) is 0 Å². The molecule has 0 aliphatic rings. The van der Waals surface area contributed by atoms with Crippen LogP contribution in [0.3, 0.4) is 0 Å². The van der Waals surface area contributed by atoms with Crippen molar-refractivity contribution in [3.63, 3.8) is 0 Å². The van der Waals surface area contributed by atoms with Gasteiger partial charge in [-0.2, -0.15) is 0 Å². The second-order valence-corrected chi connectivity index (χ2v) is 9.68. The van der Waals surface area contributed by atoms with Gasteiger partial charge >= 0.3 is 0 Å². The van der Waals surface area contributed by atoms with E-state index in [1.54, 1.807) is 0 Å². The van der Waals surface area contributed by atoms with Crippen LogP contribution in [-0.4, -0.2) is 8.07 Å². The van der Waals surface area contributed by atoms with E-state index < -0.39 is 8.07 Å². The maximum absolute atomic E-state index is 5.45. The Bertz CT molecular complexity index is 91.2. The molecular weight excluding hydrogens is 180 g/mol. The molecule has 8 heavy (non-hydrogen) atoms. The van der Waals surface area contributed by atoms with Gasteiger partial charge in [0.25, 0.3) is 0 Å². The summed E-state index contributed by atoms with van der Waals surface area (Å²) in [6, 6.07) is 1.08. The molecule has 0 saturated carbocycles.